The first-order chi connectivity index (χ1) is 15.1. The minimum Gasteiger partial charge on any atom is -0.352 e. The average Bonchev–Trinajstić information content (AvgIpc) is 3.41. The molecule has 1 unspecified atom stereocenters. The second kappa shape index (κ2) is 11.3. The number of nitrogens with one attached hydrogen (secondary N) is 2. The van der Waals surface area contributed by atoms with Gasteiger partial charge in [-0.15, -0.1) is 24.0 Å². The van der Waals surface area contributed by atoms with Crippen molar-refractivity contribution in [3.63, 3.8) is 0 Å². The Morgan fingerprint density at radius 3 is 2.78 bits per heavy atom. The van der Waals surface area contributed by atoms with Crippen LogP contribution in [0, 0.1) is 12.7 Å². The number of anilines is 1. The molecule has 0 amide bonds. The molecule has 170 valence electrons. The maximum absolute atomic E-state index is 14.0. The third-order valence-corrected chi connectivity index (χ3v) is 5.52. The molecule has 1 atom stereocenters. The van der Waals surface area contributed by atoms with Gasteiger partial charge in [0.2, 0.25) is 0 Å². The molecular weight excluding hydrogens is 520 g/mol. The molecule has 1 saturated heterocycles. The maximum atomic E-state index is 14.0. The molecule has 7 nitrogen and oxygen atoms in total. The Morgan fingerprint density at radius 2 is 2.03 bits per heavy atom. The Kier molecular flexibility index (Phi) is 8.43. The fraction of sp³-hybridized carbons (Fsp3) is 0.348. The largest absolute Gasteiger partial charge is 0.352 e. The van der Waals surface area contributed by atoms with Crippen LogP contribution in [-0.4, -0.2) is 46.7 Å². The summed E-state index contributed by atoms with van der Waals surface area (Å²) in [5.74, 6) is 1.88. The van der Waals surface area contributed by atoms with Crippen molar-refractivity contribution < 1.29 is 4.39 Å². The third kappa shape index (κ3) is 5.96. The highest BCUT2D eigenvalue weighted by Gasteiger charge is 2.25. The van der Waals surface area contributed by atoms with Gasteiger partial charge in [-0.25, -0.2) is 14.4 Å². The van der Waals surface area contributed by atoms with Crippen molar-refractivity contribution in [3.05, 3.63) is 77.8 Å². The van der Waals surface area contributed by atoms with Crippen molar-refractivity contribution in [2.24, 2.45) is 4.99 Å². The molecule has 3 aromatic rings. The predicted molar refractivity (Wildman–Crippen MR) is 136 cm³/mol. The second-order valence-corrected chi connectivity index (χ2v) is 7.73. The number of rotatable bonds is 6. The standard InChI is InChI=1S/C23H28FN7.HI/c1-17-26-10-12-30(17)15-19-6-3-5-18(13-19)14-28-23(25-2)29-20-8-11-31(16-20)22-21(24)7-4-9-27-22;/h3-7,9-10,12-13,20H,8,11,14-16H2,1-2H3,(H2,25,28,29);1H. The first-order valence-electron chi connectivity index (χ1n) is 10.5. The van der Waals surface area contributed by atoms with Crippen LogP contribution in [0.2, 0.25) is 0 Å². The fourth-order valence-corrected chi connectivity index (χ4v) is 3.86. The SMILES string of the molecule is CN=C(NCc1cccc(Cn2ccnc2C)c1)NC1CCN(c2ncccc2F)C1.I. The van der Waals surface area contributed by atoms with Crippen LogP contribution >= 0.6 is 24.0 Å². The lowest BCUT2D eigenvalue weighted by atomic mass is 10.1. The van der Waals surface area contributed by atoms with Gasteiger partial charge in [0, 0.05) is 57.9 Å². The number of aromatic nitrogens is 3. The van der Waals surface area contributed by atoms with Crippen molar-refractivity contribution in [3.8, 4) is 0 Å². The van der Waals surface area contributed by atoms with E-state index in [4.69, 9.17) is 0 Å². The Morgan fingerprint density at radius 1 is 1.19 bits per heavy atom. The number of halogens is 2. The van der Waals surface area contributed by atoms with Crippen LogP contribution in [0.4, 0.5) is 10.2 Å². The van der Waals surface area contributed by atoms with Gasteiger partial charge in [0.05, 0.1) is 0 Å². The van der Waals surface area contributed by atoms with Crippen LogP contribution in [-0.2, 0) is 13.1 Å². The van der Waals surface area contributed by atoms with Crippen molar-refractivity contribution in [1.82, 2.24) is 25.2 Å². The first-order valence-corrected chi connectivity index (χ1v) is 10.5. The normalized spacial score (nSPS) is 16.0. The topological polar surface area (TPSA) is 70.4 Å². The highest BCUT2D eigenvalue weighted by atomic mass is 127. The first kappa shape index (κ1) is 24.0. The minimum absolute atomic E-state index is 0. The lowest BCUT2D eigenvalue weighted by Gasteiger charge is -2.20. The summed E-state index contributed by atoms with van der Waals surface area (Å²) in [5, 5.41) is 6.84. The summed E-state index contributed by atoms with van der Waals surface area (Å²) in [6.07, 6.45) is 6.34. The molecule has 1 fully saturated rings. The molecular formula is C23H29FIN7. The van der Waals surface area contributed by atoms with E-state index in [1.54, 1.807) is 19.3 Å². The van der Waals surface area contributed by atoms with E-state index in [1.807, 2.05) is 24.2 Å². The molecule has 1 aliphatic rings. The summed E-state index contributed by atoms with van der Waals surface area (Å²) in [5.41, 5.74) is 2.41. The fourth-order valence-electron chi connectivity index (χ4n) is 3.86. The lowest BCUT2D eigenvalue weighted by molar-refractivity contribution is 0.612. The van der Waals surface area contributed by atoms with Gasteiger partial charge < -0.3 is 20.1 Å². The average molecular weight is 549 g/mol. The number of imidazole rings is 1. The number of pyridine rings is 1. The monoisotopic (exact) mass is 549 g/mol. The Bertz CT molecular complexity index is 1050. The zero-order chi connectivity index (χ0) is 21.6. The summed E-state index contributed by atoms with van der Waals surface area (Å²) in [6.45, 7) is 4.93. The Hall–Kier alpha value is -2.69. The van der Waals surface area contributed by atoms with Crippen LogP contribution in [0.1, 0.15) is 23.4 Å². The number of hydrogen-bond acceptors (Lipinski definition) is 4. The summed E-state index contributed by atoms with van der Waals surface area (Å²) in [4.78, 5) is 14.8. The highest BCUT2D eigenvalue weighted by molar-refractivity contribution is 14.0. The minimum atomic E-state index is -0.281. The molecule has 0 bridgehead atoms. The summed E-state index contributed by atoms with van der Waals surface area (Å²) >= 11 is 0. The van der Waals surface area contributed by atoms with Crippen molar-refractivity contribution in [2.75, 3.05) is 25.0 Å². The number of aliphatic imine (C=N–C) groups is 1. The van der Waals surface area contributed by atoms with Crippen molar-refractivity contribution in [2.45, 2.75) is 32.5 Å². The number of hydrogen-bond donors (Lipinski definition) is 2. The van der Waals surface area contributed by atoms with Crippen LogP contribution in [0.25, 0.3) is 0 Å². The molecule has 4 rings (SSSR count). The molecule has 0 aliphatic carbocycles. The van der Waals surface area contributed by atoms with Crippen LogP contribution in [0.3, 0.4) is 0 Å². The molecule has 1 aromatic carbocycles. The van der Waals surface area contributed by atoms with E-state index in [0.717, 1.165) is 31.3 Å². The van der Waals surface area contributed by atoms with Crippen molar-refractivity contribution in [1.29, 1.82) is 0 Å². The number of nitrogens with zero attached hydrogens (tertiary/aromatic N) is 5. The van der Waals surface area contributed by atoms with Gasteiger partial charge in [-0.3, -0.25) is 4.99 Å². The number of guanidine groups is 1. The molecule has 0 saturated carbocycles. The van der Waals surface area contributed by atoms with E-state index < -0.39 is 0 Å². The van der Waals surface area contributed by atoms with Crippen LogP contribution < -0.4 is 15.5 Å². The molecule has 3 heterocycles. The van der Waals surface area contributed by atoms with Gasteiger partial charge >= 0.3 is 0 Å². The number of benzene rings is 1. The van der Waals surface area contributed by atoms with E-state index in [1.165, 1.54) is 17.2 Å². The third-order valence-electron chi connectivity index (χ3n) is 5.52. The van der Waals surface area contributed by atoms with E-state index in [0.29, 0.717) is 18.9 Å². The van der Waals surface area contributed by atoms with Gasteiger partial charge in [0.1, 0.15) is 5.82 Å². The van der Waals surface area contributed by atoms with E-state index in [-0.39, 0.29) is 35.8 Å². The quantitative estimate of drug-likeness (QED) is 0.281. The summed E-state index contributed by atoms with van der Waals surface area (Å²) < 4.78 is 16.1. The van der Waals surface area contributed by atoms with Gasteiger partial charge in [0.25, 0.3) is 0 Å². The van der Waals surface area contributed by atoms with Gasteiger partial charge in [-0.05, 0) is 36.6 Å². The van der Waals surface area contributed by atoms with E-state index in [2.05, 4.69) is 54.4 Å². The van der Waals surface area contributed by atoms with E-state index in [9.17, 15) is 4.39 Å². The Labute approximate surface area is 205 Å². The Balaban J connectivity index is 0.00000289. The smallest absolute Gasteiger partial charge is 0.191 e. The van der Waals surface area contributed by atoms with Gasteiger partial charge in [0.15, 0.2) is 17.6 Å². The second-order valence-electron chi connectivity index (χ2n) is 7.73. The molecule has 0 radical (unpaired) electrons. The zero-order valence-electron chi connectivity index (χ0n) is 18.3. The lowest BCUT2D eigenvalue weighted by Crippen LogP contribution is -2.44. The summed E-state index contributed by atoms with van der Waals surface area (Å²) in [6, 6.07) is 11.7. The molecule has 9 heteroatoms. The molecule has 32 heavy (non-hydrogen) atoms. The van der Waals surface area contributed by atoms with Crippen LogP contribution in [0.15, 0.2) is 60.0 Å². The molecule has 2 N–H and O–H groups in total. The predicted octanol–water partition coefficient (Wildman–Crippen LogP) is 3.34. The molecule has 0 spiro atoms. The van der Waals surface area contributed by atoms with E-state index >= 15 is 0 Å². The molecule has 2 aromatic heterocycles. The van der Waals surface area contributed by atoms with Gasteiger partial charge in [-0.1, -0.05) is 24.3 Å². The zero-order valence-corrected chi connectivity index (χ0v) is 20.7. The maximum Gasteiger partial charge on any atom is 0.191 e. The highest BCUT2D eigenvalue weighted by Crippen LogP contribution is 2.20. The number of aryl methyl sites for hydroxylation is 1. The van der Waals surface area contributed by atoms with Crippen molar-refractivity contribution >= 4 is 35.8 Å². The molecule has 1 aliphatic heterocycles. The van der Waals surface area contributed by atoms with Gasteiger partial charge in [-0.2, -0.15) is 0 Å². The van der Waals surface area contributed by atoms with Crippen LogP contribution in [0.5, 0.6) is 0 Å². The summed E-state index contributed by atoms with van der Waals surface area (Å²) in [7, 11) is 1.76.